The number of ether oxygens (including phenoxy) is 1. The summed E-state index contributed by atoms with van der Waals surface area (Å²) < 4.78 is 5.12. The van der Waals surface area contributed by atoms with Crippen LogP contribution < -0.4 is 5.32 Å². The highest BCUT2D eigenvalue weighted by Crippen LogP contribution is 2.21. The molecule has 0 radical (unpaired) electrons. The van der Waals surface area contributed by atoms with Crippen LogP contribution in [0.25, 0.3) is 0 Å². The maximum absolute atomic E-state index is 11.9. The van der Waals surface area contributed by atoms with Crippen LogP contribution in [0.4, 0.5) is 0 Å². The van der Waals surface area contributed by atoms with Crippen LogP contribution in [0.2, 0.25) is 0 Å². The second-order valence-electron chi connectivity index (χ2n) is 6.97. The molecule has 1 heterocycles. The van der Waals surface area contributed by atoms with Gasteiger partial charge in [-0.3, -0.25) is 4.79 Å². The number of benzene rings is 1. The highest BCUT2D eigenvalue weighted by molar-refractivity contribution is 14.0. The monoisotopic (exact) mass is 488 g/mol. The van der Waals surface area contributed by atoms with Crippen molar-refractivity contribution in [2.45, 2.75) is 19.3 Å². The zero-order valence-electron chi connectivity index (χ0n) is 16.7. The molecule has 0 aromatic heterocycles. The summed E-state index contributed by atoms with van der Waals surface area (Å²) in [4.78, 5) is 20.2. The Kier molecular flexibility index (Phi) is 11.3. The van der Waals surface area contributed by atoms with Gasteiger partial charge in [0.25, 0.3) is 0 Å². The summed E-state index contributed by atoms with van der Waals surface area (Å²) in [5.74, 6) is 1.53. The molecule has 0 aliphatic carbocycles. The number of methoxy groups -OCH3 is 1. The molecular formula is C20H33IN4O2. The Morgan fingerprint density at radius 1 is 1.26 bits per heavy atom. The summed E-state index contributed by atoms with van der Waals surface area (Å²) in [5.41, 5.74) is 1.41. The number of likely N-dealkylation sites (N-methyl/N-ethyl adjacent to an activating group) is 1. The Morgan fingerprint density at radius 3 is 2.52 bits per heavy atom. The highest BCUT2D eigenvalue weighted by Gasteiger charge is 2.22. The standard InChI is InChI=1S/C20H32N4O2.HI/c1-23(2)19(25)16-22-20(21-11-14-26-3)24-12-9-18(10-13-24)15-17-7-5-4-6-8-17;/h4-8,18H,9-16H2,1-3H3,(H,21,22);1H. The maximum Gasteiger partial charge on any atom is 0.243 e. The molecule has 6 nitrogen and oxygen atoms in total. The van der Waals surface area contributed by atoms with Crippen molar-refractivity contribution in [3.05, 3.63) is 35.9 Å². The number of hydrogen-bond acceptors (Lipinski definition) is 3. The van der Waals surface area contributed by atoms with Crippen LogP contribution in [0.5, 0.6) is 0 Å². The van der Waals surface area contributed by atoms with Gasteiger partial charge in [-0.1, -0.05) is 30.3 Å². The van der Waals surface area contributed by atoms with Gasteiger partial charge in [0.1, 0.15) is 6.54 Å². The van der Waals surface area contributed by atoms with Gasteiger partial charge in [-0.15, -0.1) is 24.0 Å². The number of nitrogens with one attached hydrogen (secondary N) is 1. The third-order valence-electron chi connectivity index (χ3n) is 4.73. The van der Waals surface area contributed by atoms with Crippen molar-refractivity contribution in [3.63, 3.8) is 0 Å². The lowest BCUT2D eigenvalue weighted by molar-refractivity contribution is -0.127. The number of carbonyl (C=O) groups is 1. The summed E-state index contributed by atoms with van der Waals surface area (Å²) in [7, 11) is 5.19. The quantitative estimate of drug-likeness (QED) is 0.277. The zero-order chi connectivity index (χ0) is 18.8. The second kappa shape index (κ2) is 12.9. The van der Waals surface area contributed by atoms with Gasteiger partial charge in [0.2, 0.25) is 5.91 Å². The Bertz CT molecular complexity index is 573. The molecule has 1 saturated heterocycles. The Labute approximate surface area is 180 Å². The van der Waals surface area contributed by atoms with E-state index in [9.17, 15) is 4.79 Å². The number of piperidine rings is 1. The molecule has 0 atom stereocenters. The molecule has 2 rings (SSSR count). The Hall–Kier alpha value is -1.35. The SMILES string of the molecule is COCCNC(=NCC(=O)N(C)C)N1CCC(Cc2ccccc2)CC1.I. The summed E-state index contributed by atoms with van der Waals surface area (Å²) >= 11 is 0. The lowest BCUT2D eigenvalue weighted by Gasteiger charge is -2.34. The minimum atomic E-state index is 0. The fourth-order valence-electron chi connectivity index (χ4n) is 3.11. The largest absolute Gasteiger partial charge is 0.383 e. The van der Waals surface area contributed by atoms with Crippen molar-refractivity contribution in [1.29, 1.82) is 0 Å². The molecule has 1 amide bonds. The molecule has 1 fully saturated rings. The lowest BCUT2D eigenvalue weighted by Crippen LogP contribution is -2.47. The summed E-state index contributed by atoms with van der Waals surface area (Å²) in [6.07, 6.45) is 3.42. The van der Waals surface area contributed by atoms with E-state index in [1.54, 1.807) is 26.1 Å². The van der Waals surface area contributed by atoms with E-state index in [0.717, 1.165) is 38.3 Å². The second-order valence-corrected chi connectivity index (χ2v) is 6.97. The first-order valence-electron chi connectivity index (χ1n) is 9.36. The third-order valence-corrected chi connectivity index (χ3v) is 4.73. The minimum Gasteiger partial charge on any atom is -0.383 e. The molecule has 27 heavy (non-hydrogen) atoms. The van der Waals surface area contributed by atoms with Gasteiger partial charge < -0.3 is 19.9 Å². The van der Waals surface area contributed by atoms with E-state index in [0.29, 0.717) is 19.1 Å². The first-order chi connectivity index (χ1) is 12.6. The first-order valence-corrected chi connectivity index (χ1v) is 9.36. The van der Waals surface area contributed by atoms with Crippen molar-refractivity contribution < 1.29 is 9.53 Å². The number of likely N-dealkylation sites (tertiary alicyclic amines) is 1. The van der Waals surface area contributed by atoms with Crippen molar-refractivity contribution in [2.24, 2.45) is 10.9 Å². The first kappa shape index (κ1) is 23.7. The van der Waals surface area contributed by atoms with Gasteiger partial charge in [0.05, 0.1) is 6.61 Å². The van der Waals surface area contributed by atoms with Crippen LogP contribution in [0, 0.1) is 5.92 Å². The fraction of sp³-hybridized carbons (Fsp3) is 0.600. The number of rotatable bonds is 7. The van der Waals surface area contributed by atoms with Gasteiger partial charge >= 0.3 is 0 Å². The van der Waals surface area contributed by atoms with E-state index in [1.807, 2.05) is 0 Å². The topological polar surface area (TPSA) is 57.2 Å². The molecule has 0 unspecified atom stereocenters. The highest BCUT2D eigenvalue weighted by atomic mass is 127. The van der Waals surface area contributed by atoms with E-state index in [-0.39, 0.29) is 36.4 Å². The Balaban J connectivity index is 0.00000364. The van der Waals surface area contributed by atoms with E-state index >= 15 is 0 Å². The van der Waals surface area contributed by atoms with Crippen LogP contribution in [0.3, 0.4) is 0 Å². The molecule has 7 heteroatoms. The van der Waals surface area contributed by atoms with Crippen molar-refractivity contribution in [1.82, 2.24) is 15.1 Å². The third kappa shape index (κ3) is 8.47. The molecule has 0 bridgehead atoms. The van der Waals surface area contributed by atoms with Crippen LogP contribution in [-0.2, 0) is 16.0 Å². The summed E-state index contributed by atoms with van der Waals surface area (Å²) in [6.45, 7) is 3.41. The summed E-state index contributed by atoms with van der Waals surface area (Å²) in [6, 6.07) is 10.7. The van der Waals surface area contributed by atoms with Crippen molar-refractivity contribution in [3.8, 4) is 0 Å². The van der Waals surface area contributed by atoms with Crippen LogP contribution in [0.15, 0.2) is 35.3 Å². The van der Waals surface area contributed by atoms with Crippen molar-refractivity contribution >= 4 is 35.8 Å². The normalized spacial score (nSPS) is 15.2. The van der Waals surface area contributed by atoms with Gasteiger partial charge in [-0.25, -0.2) is 4.99 Å². The molecule has 1 aliphatic rings. The molecule has 1 aromatic carbocycles. The van der Waals surface area contributed by atoms with Gasteiger partial charge in [-0.05, 0) is 30.7 Å². The number of amides is 1. The number of halogens is 1. The van der Waals surface area contributed by atoms with Gasteiger partial charge in [0, 0.05) is 40.8 Å². The Morgan fingerprint density at radius 2 is 1.93 bits per heavy atom. The van der Waals surface area contributed by atoms with E-state index in [4.69, 9.17) is 4.74 Å². The predicted molar refractivity (Wildman–Crippen MR) is 121 cm³/mol. The number of aliphatic imine (C=N–C) groups is 1. The van der Waals surface area contributed by atoms with Crippen LogP contribution >= 0.6 is 24.0 Å². The minimum absolute atomic E-state index is 0. The molecule has 1 aromatic rings. The van der Waals surface area contributed by atoms with Crippen LogP contribution in [0.1, 0.15) is 18.4 Å². The molecule has 152 valence electrons. The van der Waals surface area contributed by atoms with Gasteiger partial charge in [0.15, 0.2) is 5.96 Å². The smallest absolute Gasteiger partial charge is 0.243 e. The van der Waals surface area contributed by atoms with Crippen molar-refractivity contribution in [2.75, 3.05) is 54.0 Å². The number of nitrogens with zero attached hydrogens (tertiary/aromatic N) is 3. The van der Waals surface area contributed by atoms with E-state index in [2.05, 4.69) is 45.5 Å². The maximum atomic E-state index is 11.9. The molecular weight excluding hydrogens is 455 g/mol. The zero-order valence-corrected chi connectivity index (χ0v) is 19.0. The number of guanidine groups is 1. The molecule has 1 aliphatic heterocycles. The predicted octanol–water partition coefficient (Wildman–Crippen LogP) is 2.24. The fourth-order valence-corrected chi connectivity index (χ4v) is 3.11. The van der Waals surface area contributed by atoms with Crippen LogP contribution in [-0.4, -0.2) is 75.7 Å². The number of carbonyl (C=O) groups excluding carboxylic acids is 1. The lowest BCUT2D eigenvalue weighted by atomic mass is 9.90. The molecule has 1 N–H and O–H groups in total. The average molecular weight is 488 g/mol. The summed E-state index contributed by atoms with van der Waals surface area (Å²) in [5, 5.41) is 3.33. The number of hydrogen-bond donors (Lipinski definition) is 1. The van der Waals surface area contributed by atoms with Gasteiger partial charge in [-0.2, -0.15) is 0 Å². The average Bonchev–Trinajstić information content (AvgIpc) is 2.66. The molecule has 0 spiro atoms. The van der Waals surface area contributed by atoms with E-state index in [1.165, 1.54) is 5.56 Å². The molecule has 0 saturated carbocycles. The van der Waals surface area contributed by atoms with E-state index < -0.39 is 0 Å².